The van der Waals surface area contributed by atoms with E-state index in [-0.39, 0.29) is 0 Å². The average molecular weight is 263 g/mol. The number of ether oxygens (including phenoxy) is 1. The van der Waals surface area contributed by atoms with Crippen LogP contribution in [0.15, 0.2) is 54.7 Å². The molecule has 0 aliphatic carbocycles. The Morgan fingerprint density at radius 1 is 1.00 bits per heavy atom. The summed E-state index contributed by atoms with van der Waals surface area (Å²) in [5.41, 5.74) is 0. The minimum absolute atomic E-state index is 0.695. The fourth-order valence-electron chi connectivity index (χ4n) is 1.17. The second-order valence-corrected chi connectivity index (χ2v) is 4.32. The first-order valence-corrected chi connectivity index (χ1v) is 6.17. The van der Waals surface area contributed by atoms with Gasteiger partial charge in [0.05, 0.1) is 0 Å². The van der Waals surface area contributed by atoms with Gasteiger partial charge in [0, 0.05) is 0 Å². The number of nitrogens with zero attached hydrogens (tertiary/aromatic N) is 1. The molecule has 2 aromatic rings. The summed E-state index contributed by atoms with van der Waals surface area (Å²) >= 11 is 1.80. The molecule has 16 heavy (non-hydrogen) atoms. The Kier molecular flexibility index (Phi) is 4.41. The molecule has 1 aromatic carbocycles. The summed E-state index contributed by atoms with van der Waals surface area (Å²) in [6.07, 6.45) is 1.80. The number of hydrogen-bond donors (Lipinski definition) is 0. The van der Waals surface area contributed by atoms with E-state index < -0.39 is 0 Å². The molecular weight excluding hydrogens is 250 g/mol. The Hall–Kier alpha value is -1.31. The van der Waals surface area contributed by atoms with Gasteiger partial charge in [-0.15, -0.1) is 0 Å². The fourth-order valence-corrected chi connectivity index (χ4v) is 1.96. The maximum absolute atomic E-state index is 5.58. The van der Waals surface area contributed by atoms with Crippen LogP contribution in [-0.4, -0.2) is 11.6 Å². The van der Waals surface area contributed by atoms with E-state index in [1.807, 2.05) is 48.5 Å². The molecule has 1 aromatic heterocycles. The SMILES string of the molecule is c1ccc(OC[CH2][Cu][c]2ccccn2)cc1. The molecule has 0 spiro atoms. The van der Waals surface area contributed by atoms with Gasteiger partial charge in [0.15, 0.2) is 0 Å². The summed E-state index contributed by atoms with van der Waals surface area (Å²) < 4.78 is 6.61. The molecule has 0 unspecified atom stereocenters. The van der Waals surface area contributed by atoms with Crippen LogP contribution in [0.2, 0.25) is 5.32 Å². The molecule has 2 rings (SSSR count). The van der Waals surface area contributed by atoms with E-state index in [0.29, 0.717) is 6.61 Å². The van der Waals surface area contributed by atoms with Crippen molar-refractivity contribution in [1.82, 2.24) is 4.98 Å². The van der Waals surface area contributed by atoms with Crippen LogP contribution in [0.5, 0.6) is 5.75 Å². The zero-order chi connectivity index (χ0) is 11.1. The van der Waals surface area contributed by atoms with Crippen molar-refractivity contribution < 1.29 is 19.7 Å². The molecule has 0 atom stereocenters. The fraction of sp³-hybridized carbons (Fsp3) is 0.154. The van der Waals surface area contributed by atoms with Crippen LogP contribution in [0.25, 0.3) is 0 Å². The van der Waals surface area contributed by atoms with Crippen molar-refractivity contribution in [3.8, 4) is 5.75 Å². The molecule has 0 radical (unpaired) electrons. The Morgan fingerprint density at radius 2 is 1.81 bits per heavy atom. The molecule has 2 nitrogen and oxygen atoms in total. The molecule has 0 saturated heterocycles. The van der Waals surface area contributed by atoms with Gasteiger partial charge in [0.1, 0.15) is 0 Å². The van der Waals surface area contributed by atoms with Crippen LogP contribution < -0.4 is 9.33 Å². The second-order valence-electron chi connectivity index (χ2n) is 3.03. The molecular formula is C13H13CuNO. The van der Waals surface area contributed by atoms with E-state index in [9.17, 15) is 0 Å². The first kappa shape index (κ1) is 11.2. The zero-order valence-electron chi connectivity index (χ0n) is 8.77. The number of pyridine rings is 1. The molecule has 87 valence electrons. The predicted octanol–water partition coefficient (Wildman–Crippen LogP) is 2.29. The number of benzene rings is 1. The zero-order valence-corrected chi connectivity index (χ0v) is 9.71. The summed E-state index contributed by atoms with van der Waals surface area (Å²) in [5.74, 6) is 0.919. The standard InChI is InChI=1S/C8H9O.C5H4N.Cu/c1-2-9-8-6-4-3-5-7-8;1-2-4-6-5-3-1;/h3-7H,1-2H2;1-4H;. The van der Waals surface area contributed by atoms with E-state index in [2.05, 4.69) is 4.98 Å². The molecule has 0 saturated carbocycles. The van der Waals surface area contributed by atoms with Crippen molar-refractivity contribution in [3.05, 3.63) is 54.7 Å². The van der Waals surface area contributed by atoms with Crippen LogP contribution in [0.1, 0.15) is 0 Å². The van der Waals surface area contributed by atoms with Gasteiger partial charge >= 0.3 is 102 Å². The van der Waals surface area contributed by atoms with Crippen molar-refractivity contribution in [2.75, 3.05) is 6.61 Å². The molecule has 1 heterocycles. The molecule has 3 heteroatoms. The third-order valence-corrected chi connectivity index (χ3v) is 2.91. The van der Waals surface area contributed by atoms with Crippen LogP contribution in [0, 0.1) is 0 Å². The number of para-hydroxylation sites is 1. The van der Waals surface area contributed by atoms with Crippen LogP contribution in [0.4, 0.5) is 0 Å². The summed E-state index contributed by atoms with van der Waals surface area (Å²) in [6, 6.07) is 15.8. The number of hydrogen-bond acceptors (Lipinski definition) is 2. The molecule has 0 aliphatic heterocycles. The van der Waals surface area contributed by atoms with Gasteiger partial charge in [-0.2, -0.15) is 0 Å². The van der Waals surface area contributed by atoms with Crippen LogP contribution >= 0.6 is 0 Å². The van der Waals surface area contributed by atoms with Crippen molar-refractivity contribution in [3.63, 3.8) is 0 Å². The van der Waals surface area contributed by atoms with Gasteiger partial charge in [-0.05, 0) is 0 Å². The first-order chi connectivity index (χ1) is 7.95. The van der Waals surface area contributed by atoms with Crippen molar-refractivity contribution >= 4 is 4.59 Å². The predicted molar refractivity (Wildman–Crippen MR) is 60.6 cm³/mol. The molecule has 0 amide bonds. The van der Waals surface area contributed by atoms with Gasteiger partial charge in [0.25, 0.3) is 0 Å². The number of aromatic nitrogens is 1. The Morgan fingerprint density at radius 3 is 2.56 bits per heavy atom. The normalized spacial score (nSPS) is 10.2. The average Bonchev–Trinajstić information content (AvgIpc) is 2.37. The topological polar surface area (TPSA) is 22.1 Å². The van der Waals surface area contributed by atoms with Gasteiger partial charge in [-0.1, -0.05) is 0 Å². The van der Waals surface area contributed by atoms with Crippen molar-refractivity contribution in [1.29, 1.82) is 0 Å². The quantitative estimate of drug-likeness (QED) is 0.609. The monoisotopic (exact) mass is 262 g/mol. The van der Waals surface area contributed by atoms with E-state index in [4.69, 9.17) is 4.74 Å². The first-order valence-electron chi connectivity index (χ1n) is 5.04. The van der Waals surface area contributed by atoms with E-state index in [1.165, 1.54) is 0 Å². The second kappa shape index (κ2) is 6.31. The summed E-state index contributed by atoms with van der Waals surface area (Å²) in [7, 11) is 0. The van der Waals surface area contributed by atoms with Gasteiger partial charge in [0.2, 0.25) is 0 Å². The van der Waals surface area contributed by atoms with Crippen LogP contribution in [0.3, 0.4) is 0 Å². The third-order valence-electron chi connectivity index (χ3n) is 1.86. The maximum atomic E-state index is 5.58. The molecule has 0 fully saturated rings. The van der Waals surface area contributed by atoms with E-state index in [0.717, 1.165) is 15.7 Å². The molecule has 0 N–H and O–H groups in total. The molecule has 0 aliphatic rings. The van der Waals surface area contributed by atoms with Gasteiger partial charge in [-0.25, -0.2) is 0 Å². The van der Waals surface area contributed by atoms with Crippen molar-refractivity contribution in [2.24, 2.45) is 0 Å². The van der Waals surface area contributed by atoms with Crippen LogP contribution in [-0.2, 0) is 15.0 Å². The van der Waals surface area contributed by atoms with E-state index >= 15 is 0 Å². The molecule has 0 bridgehead atoms. The van der Waals surface area contributed by atoms with Gasteiger partial charge < -0.3 is 0 Å². The summed E-state index contributed by atoms with van der Waals surface area (Å²) in [6.45, 7) is 0.695. The Labute approximate surface area is 102 Å². The van der Waals surface area contributed by atoms with Crippen molar-refractivity contribution in [2.45, 2.75) is 5.32 Å². The van der Waals surface area contributed by atoms with Gasteiger partial charge in [-0.3, -0.25) is 0 Å². The summed E-state index contributed by atoms with van der Waals surface area (Å²) in [4.78, 5) is 4.23. The Bertz CT molecular complexity index is 363. The number of rotatable bonds is 5. The third kappa shape index (κ3) is 3.69. The summed E-state index contributed by atoms with van der Waals surface area (Å²) in [5, 5.41) is 0.898. The Balaban J connectivity index is 1.70. The van der Waals surface area contributed by atoms with E-state index in [1.54, 1.807) is 21.2 Å². The minimum atomic E-state index is 0.695.